The van der Waals surface area contributed by atoms with Gasteiger partial charge in [0.2, 0.25) is 0 Å². The highest BCUT2D eigenvalue weighted by molar-refractivity contribution is 5.88. The third-order valence-electron chi connectivity index (χ3n) is 6.55. The molecule has 4 aromatic rings. The smallest absolute Gasteiger partial charge is 0.403 e. The first-order chi connectivity index (χ1) is 17.7. The SMILES string of the molecule is CCCCCCc1ccc(-c2ccc3c(F)c(CCc4ccc(OC(F)(F)F)c(F)c4)ccc3c2)cc1. The first-order valence-electron chi connectivity index (χ1n) is 12.6. The van der Waals surface area contributed by atoms with Crippen LogP contribution < -0.4 is 4.74 Å². The molecule has 0 saturated heterocycles. The molecule has 0 bridgehead atoms. The van der Waals surface area contributed by atoms with Gasteiger partial charge in [0.05, 0.1) is 0 Å². The van der Waals surface area contributed by atoms with Gasteiger partial charge < -0.3 is 4.74 Å². The Morgan fingerprint density at radius 1 is 0.676 bits per heavy atom. The third-order valence-corrected chi connectivity index (χ3v) is 6.55. The number of benzene rings is 4. The summed E-state index contributed by atoms with van der Waals surface area (Å²) >= 11 is 0. The second-order valence-corrected chi connectivity index (χ2v) is 9.29. The average Bonchev–Trinajstić information content (AvgIpc) is 2.87. The Balaban J connectivity index is 1.44. The van der Waals surface area contributed by atoms with Crippen LogP contribution in [0.15, 0.2) is 72.8 Å². The van der Waals surface area contributed by atoms with Crippen molar-refractivity contribution >= 4 is 10.8 Å². The standard InChI is InChI=1S/C31H29F5O/c1-2-3-4-5-6-21-7-11-23(12-8-21)25-16-17-27-26(20-25)15-14-24(30(27)33)13-9-22-10-18-29(28(32)19-22)37-31(34,35)36/h7-8,10-12,14-20H,2-6,9,13H2,1H3. The summed E-state index contributed by atoms with van der Waals surface area (Å²) in [5.74, 6) is -2.33. The van der Waals surface area contributed by atoms with Crippen LogP contribution in [0.4, 0.5) is 22.0 Å². The third kappa shape index (κ3) is 7.09. The van der Waals surface area contributed by atoms with Gasteiger partial charge in [-0.05, 0) is 77.1 Å². The van der Waals surface area contributed by atoms with E-state index in [1.807, 2.05) is 18.2 Å². The number of hydrogen-bond acceptors (Lipinski definition) is 1. The molecule has 4 rings (SSSR count). The minimum atomic E-state index is -4.96. The minimum absolute atomic E-state index is 0.272. The van der Waals surface area contributed by atoms with Crippen LogP contribution in [-0.4, -0.2) is 6.36 Å². The maximum absolute atomic E-state index is 15.2. The van der Waals surface area contributed by atoms with Gasteiger partial charge >= 0.3 is 6.36 Å². The summed E-state index contributed by atoms with van der Waals surface area (Å²) in [6.07, 6.45) is 1.59. The molecule has 4 aromatic carbocycles. The lowest BCUT2D eigenvalue weighted by Gasteiger charge is -2.11. The lowest BCUT2D eigenvalue weighted by atomic mass is 9.96. The van der Waals surface area contributed by atoms with E-state index < -0.39 is 17.9 Å². The van der Waals surface area contributed by atoms with Crippen LogP contribution in [0.2, 0.25) is 0 Å². The number of alkyl halides is 3. The van der Waals surface area contributed by atoms with E-state index in [1.54, 1.807) is 12.1 Å². The number of rotatable bonds is 10. The maximum Gasteiger partial charge on any atom is 0.573 e. The van der Waals surface area contributed by atoms with E-state index in [2.05, 4.69) is 35.9 Å². The molecule has 194 valence electrons. The van der Waals surface area contributed by atoms with Crippen LogP contribution in [0.25, 0.3) is 21.9 Å². The summed E-state index contributed by atoms with van der Waals surface area (Å²) in [5, 5.41) is 1.27. The Morgan fingerprint density at radius 3 is 2.11 bits per heavy atom. The summed E-state index contributed by atoms with van der Waals surface area (Å²) in [5.41, 5.74) is 4.32. The monoisotopic (exact) mass is 512 g/mol. The molecular weight excluding hydrogens is 483 g/mol. The van der Waals surface area contributed by atoms with E-state index in [1.165, 1.54) is 37.3 Å². The van der Waals surface area contributed by atoms with Crippen molar-refractivity contribution in [3.63, 3.8) is 0 Å². The fourth-order valence-electron chi connectivity index (χ4n) is 4.52. The molecule has 0 fully saturated rings. The van der Waals surface area contributed by atoms with Gasteiger partial charge in [0.15, 0.2) is 11.6 Å². The highest BCUT2D eigenvalue weighted by Gasteiger charge is 2.32. The Kier molecular flexibility index (Phi) is 8.47. The van der Waals surface area contributed by atoms with Crippen LogP contribution in [0, 0.1) is 11.6 Å². The number of halogens is 5. The molecule has 0 unspecified atom stereocenters. The number of hydrogen-bond donors (Lipinski definition) is 0. The lowest BCUT2D eigenvalue weighted by molar-refractivity contribution is -0.275. The van der Waals surface area contributed by atoms with Gasteiger partial charge in [-0.25, -0.2) is 8.78 Å². The molecule has 0 spiro atoms. The zero-order valence-corrected chi connectivity index (χ0v) is 20.7. The van der Waals surface area contributed by atoms with Crippen LogP contribution >= 0.6 is 0 Å². The van der Waals surface area contributed by atoms with E-state index >= 15 is 4.39 Å². The van der Waals surface area contributed by atoms with E-state index in [9.17, 15) is 17.6 Å². The lowest BCUT2D eigenvalue weighted by Crippen LogP contribution is -2.18. The molecule has 0 amide bonds. The van der Waals surface area contributed by atoms with Crippen LogP contribution in [0.1, 0.15) is 49.3 Å². The average molecular weight is 513 g/mol. The largest absolute Gasteiger partial charge is 0.573 e. The molecule has 0 atom stereocenters. The molecule has 0 aromatic heterocycles. The van der Waals surface area contributed by atoms with Gasteiger partial charge in [0.25, 0.3) is 0 Å². The minimum Gasteiger partial charge on any atom is -0.403 e. The first kappa shape index (κ1) is 26.6. The highest BCUT2D eigenvalue weighted by Crippen LogP contribution is 2.30. The highest BCUT2D eigenvalue weighted by atomic mass is 19.4. The van der Waals surface area contributed by atoms with E-state index in [0.29, 0.717) is 16.5 Å². The summed E-state index contributed by atoms with van der Waals surface area (Å²) in [7, 11) is 0. The van der Waals surface area contributed by atoms with Gasteiger partial charge in [0, 0.05) is 5.39 Å². The van der Waals surface area contributed by atoms with Crippen molar-refractivity contribution < 1.29 is 26.7 Å². The van der Waals surface area contributed by atoms with Crippen molar-refractivity contribution in [3.8, 4) is 16.9 Å². The fourth-order valence-corrected chi connectivity index (χ4v) is 4.52. The zero-order chi connectivity index (χ0) is 26.4. The van der Waals surface area contributed by atoms with Crippen LogP contribution in [-0.2, 0) is 19.3 Å². The van der Waals surface area contributed by atoms with Gasteiger partial charge in [-0.2, -0.15) is 0 Å². The molecule has 0 radical (unpaired) electrons. The Bertz CT molecular complexity index is 1340. The maximum atomic E-state index is 15.2. The number of fused-ring (bicyclic) bond motifs is 1. The van der Waals surface area contributed by atoms with Gasteiger partial charge in [-0.1, -0.05) is 80.8 Å². The van der Waals surface area contributed by atoms with Crippen molar-refractivity contribution in [1.82, 2.24) is 0 Å². The predicted octanol–water partition coefficient (Wildman–Crippen LogP) is 9.59. The predicted molar refractivity (Wildman–Crippen MR) is 138 cm³/mol. The molecule has 37 heavy (non-hydrogen) atoms. The molecule has 1 nitrogen and oxygen atoms in total. The molecule has 0 aliphatic heterocycles. The molecule has 0 aliphatic carbocycles. The summed E-state index contributed by atoms with van der Waals surface area (Å²) in [6, 6.07) is 21.0. The summed E-state index contributed by atoms with van der Waals surface area (Å²) < 4.78 is 69.9. The summed E-state index contributed by atoms with van der Waals surface area (Å²) in [4.78, 5) is 0. The van der Waals surface area contributed by atoms with E-state index in [-0.39, 0.29) is 18.7 Å². The Labute approximate surface area is 213 Å². The van der Waals surface area contributed by atoms with Crippen molar-refractivity contribution in [2.24, 2.45) is 0 Å². The van der Waals surface area contributed by atoms with Crippen molar-refractivity contribution in [1.29, 1.82) is 0 Å². The molecule has 6 heteroatoms. The number of ether oxygens (including phenoxy) is 1. The van der Waals surface area contributed by atoms with E-state index in [0.717, 1.165) is 35.1 Å². The molecular formula is C31H29F5O. The van der Waals surface area contributed by atoms with E-state index in [4.69, 9.17) is 0 Å². The zero-order valence-electron chi connectivity index (χ0n) is 20.7. The van der Waals surface area contributed by atoms with Gasteiger partial charge in [-0.3, -0.25) is 0 Å². The van der Waals surface area contributed by atoms with Crippen molar-refractivity contribution in [3.05, 3.63) is 101 Å². The van der Waals surface area contributed by atoms with Crippen LogP contribution in [0.3, 0.4) is 0 Å². The van der Waals surface area contributed by atoms with Crippen molar-refractivity contribution in [2.45, 2.75) is 58.2 Å². The molecule has 0 heterocycles. The van der Waals surface area contributed by atoms with Gasteiger partial charge in [0.1, 0.15) is 5.82 Å². The van der Waals surface area contributed by atoms with Crippen molar-refractivity contribution in [2.75, 3.05) is 0 Å². The Hall–Kier alpha value is -3.41. The van der Waals surface area contributed by atoms with Gasteiger partial charge in [-0.15, -0.1) is 13.2 Å². The topological polar surface area (TPSA) is 9.23 Å². The number of unbranched alkanes of at least 4 members (excludes halogenated alkanes) is 3. The molecule has 0 N–H and O–H groups in total. The second-order valence-electron chi connectivity index (χ2n) is 9.29. The number of aryl methyl sites for hydroxylation is 3. The van der Waals surface area contributed by atoms with Crippen LogP contribution in [0.5, 0.6) is 5.75 Å². The molecule has 0 aliphatic rings. The fraction of sp³-hybridized carbons (Fsp3) is 0.290. The Morgan fingerprint density at radius 2 is 1.41 bits per heavy atom. The quantitative estimate of drug-likeness (QED) is 0.152. The summed E-state index contributed by atoms with van der Waals surface area (Å²) in [6.45, 7) is 2.20. The molecule has 0 saturated carbocycles. The normalized spacial score (nSPS) is 11.7. The first-order valence-corrected chi connectivity index (χ1v) is 12.6. The second kappa shape index (κ2) is 11.8.